The van der Waals surface area contributed by atoms with Gasteiger partial charge in [0.1, 0.15) is 11.1 Å². The number of amides is 2. The molecule has 0 bridgehead atoms. The zero-order chi connectivity index (χ0) is 23.4. The molecule has 1 aliphatic carbocycles. The summed E-state index contributed by atoms with van der Waals surface area (Å²) in [5, 5.41) is 16.2. The Morgan fingerprint density at radius 3 is 2.12 bits per heavy atom. The van der Waals surface area contributed by atoms with Gasteiger partial charge in [-0.2, -0.15) is 0 Å². The smallest absolute Gasteiger partial charge is 0.408 e. The Kier molecular flexibility index (Phi) is 7.21. The molecular formula is C25H32N2O5. The number of alkyl carbamates (subject to hydrolysis) is 1. The Hall–Kier alpha value is -2.90. The summed E-state index contributed by atoms with van der Waals surface area (Å²) in [6.45, 7) is 5.31. The second-order valence-corrected chi connectivity index (χ2v) is 9.23. The van der Waals surface area contributed by atoms with Crippen molar-refractivity contribution in [1.82, 2.24) is 10.6 Å². The van der Waals surface area contributed by atoms with Gasteiger partial charge in [-0.15, -0.1) is 0 Å². The van der Waals surface area contributed by atoms with E-state index >= 15 is 0 Å². The number of fused-ring (bicyclic) bond motifs is 1. The fraction of sp³-hybridized carbons (Fsp3) is 0.440. The van der Waals surface area contributed by atoms with Crippen molar-refractivity contribution in [1.29, 1.82) is 0 Å². The van der Waals surface area contributed by atoms with Crippen LogP contribution in [0.15, 0.2) is 54.6 Å². The number of carbonyl (C=O) groups excluding carboxylic acids is 2. The van der Waals surface area contributed by atoms with E-state index in [0.717, 1.165) is 16.7 Å². The fourth-order valence-electron chi connectivity index (χ4n) is 3.98. The van der Waals surface area contributed by atoms with Gasteiger partial charge in [0, 0.05) is 20.0 Å². The number of hydrogen-bond acceptors (Lipinski definition) is 5. The molecule has 0 saturated heterocycles. The lowest BCUT2D eigenvalue weighted by molar-refractivity contribution is -0.135. The highest BCUT2D eigenvalue weighted by molar-refractivity contribution is 5.92. The number of hydrogen-bond donors (Lipinski definition) is 3. The van der Waals surface area contributed by atoms with E-state index in [-0.39, 0.29) is 0 Å². The number of aliphatic hydroxyl groups excluding tert-OH is 1. The van der Waals surface area contributed by atoms with Crippen LogP contribution in [0.4, 0.5) is 4.79 Å². The lowest BCUT2D eigenvalue weighted by atomic mass is 9.93. The quantitative estimate of drug-likeness (QED) is 0.576. The predicted octanol–water partition coefficient (Wildman–Crippen LogP) is 2.74. The van der Waals surface area contributed by atoms with Gasteiger partial charge in [-0.3, -0.25) is 4.79 Å². The number of rotatable bonds is 7. The van der Waals surface area contributed by atoms with Gasteiger partial charge in [-0.05, 0) is 43.9 Å². The molecule has 0 heterocycles. The summed E-state index contributed by atoms with van der Waals surface area (Å²) >= 11 is 0. The number of ether oxygens (including phenoxy) is 2. The van der Waals surface area contributed by atoms with E-state index in [2.05, 4.69) is 10.6 Å². The van der Waals surface area contributed by atoms with Crippen molar-refractivity contribution in [3.63, 3.8) is 0 Å². The van der Waals surface area contributed by atoms with Gasteiger partial charge >= 0.3 is 6.09 Å². The minimum absolute atomic E-state index is 0.329. The monoisotopic (exact) mass is 440 g/mol. The van der Waals surface area contributed by atoms with Crippen LogP contribution in [-0.4, -0.2) is 47.7 Å². The summed E-state index contributed by atoms with van der Waals surface area (Å²) in [5.74, 6) is -0.392. The molecule has 0 aromatic heterocycles. The number of aliphatic hydroxyl groups is 1. The lowest BCUT2D eigenvalue weighted by Crippen LogP contribution is -2.63. The van der Waals surface area contributed by atoms with Crippen LogP contribution in [0.3, 0.4) is 0 Å². The standard InChI is InChI=1S/C25H32N2O5/c1-24(2,3)32-23(30)27-25(15-18-12-8-9-13-19(18)16-25)22(29)26-20(21(28)31-4)14-17-10-6-5-7-11-17/h5-13,20-21,28H,14-16H2,1-4H3,(H,26,29)(H,27,30)/t20-,21?/m1/s1. The first-order valence-electron chi connectivity index (χ1n) is 10.8. The third-order valence-corrected chi connectivity index (χ3v) is 5.48. The minimum atomic E-state index is -1.23. The Balaban J connectivity index is 1.85. The van der Waals surface area contributed by atoms with Crippen molar-refractivity contribution in [2.24, 2.45) is 0 Å². The summed E-state index contributed by atoms with van der Waals surface area (Å²) in [6.07, 6.45) is -0.837. The predicted molar refractivity (Wildman–Crippen MR) is 121 cm³/mol. The topological polar surface area (TPSA) is 96.9 Å². The average Bonchev–Trinajstić information content (AvgIpc) is 3.11. The molecule has 1 aliphatic rings. The van der Waals surface area contributed by atoms with Crippen molar-refractivity contribution < 1.29 is 24.2 Å². The number of carbonyl (C=O) groups is 2. The first kappa shape index (κ1) is 23.8. The maximum Gasteiger partial charge on any atom is 0.408 e. The SMILES string of the molecule is COC(O)[C@@H](Cc1ccccc1)NC(=O)C1(NC(=O)OC(C)(C)C)Cc2ccccc2C1. The van der Waals surface area contributed by atoms with Crippen LogP contribution in [0.25, 0.3) is 0 Å². The number of methoxy groups -OCH3 is 1. The molecule has 1 unspecified atom stereocenters. The van der Waals surface area contributed by atoms with Crippen LogP contribution in [-0.2, 0) is 33.5 Å². The van der Waals surface area contributed by atoms with E-state index in [1.807, 2.05) is 54.6 Å². The van der Waals surface area contributed by atoms with Crippen molar-refractivity contribution in [2.75, 3.05) is 7.11 Å². The third kappa shape index (κ3) is 5.87. The van der Waals surface area contributed by atoms with Gasteiger partial charge in [0.2, 0.25) is 5.91 Å². The zero-order valence-corrected chi connectivity index (χ0v) is 19.1. The molecule has 3 rings (SSSR count). The van der Waals surface area contributed by atoms with Crippen LogP contribution in [0.2, 0.25) is 0 Å². The van der Waals surface area contributed by atoms with Crippen LogP contribution < -0.4 is 10.6 Å². The van der Waals surface area contributed by atoms with E-state index in [4.69, 9.17) is 9.47 Å². The molecular weight excluding hydrogens is 408 g/mol. The van der Waals surface area contributed by atoms with Crippen LogP contribution >= 0.6 is 0 Å². The van der Waals surface area contributed by atoms with Gasteiger partial charge in [0.15, 0.2) is 6.29 Å². The van der Waals surface area contributed by atoms with Crippen molar-refractivity contribution in [2.45, 2.75) is 63.5 Å². The van der Waals surface area contributed by atoms with Gasteiger partial charge in [0.25, 0.3) is 0 Å². The van der Waals surface area contributed by atoms with Gasteiger partial charge < -0.3 is 25.2 Å². The molecule has 2 amide bonds. The van der Waals surface area contributed by atoms with E-state index in [0.29, 0.717) is 19.3 Å². The van der Waals surface area contributed by atoms with E-state index in [1.54, 1.807) is 20.8 Å². The average molecular weight is 441 g/mol. The molecule has 2 aromatic rings. The molecule has 0 fully saturated rings. The Morgan fingerprint density at radius 1 is 1.03 bits per heavy atom. The molecule has 2 aromatic carbocycles. The molecule has 0 radical (unpaired) electrons. The molecule has 3 N–H and O–H groups in total. The third-order valence-electron chi connectivity index (χ3n) is 5.48. The first-order chi connectivity index (χ1) is 15.1. The largest absolute Gasteiger partial charge is 0.444 e. The highest BCUT2D eigenvalue weighted by Crippen LogP contribution is 2.31. The van der Waals surface area contributed by atoms with Crippen LogP contribution in [0, 0.1) is 0 Å². The molecule has 0 spiro atoms. The van der Waals surface area contributed by atoms with E-state index < -0.39 is 35.5 Å². The van der Waals surface area contributed by atoms with Crippen molar-refractivity contribution in [3.05, 3.63) is 71.3 Å². The van der Waals surface area contributed by atoms with Crippen LogP contribution in [0.1, 0.15) is 37.5 Å². The summed E-state index contributed by atoms with van der Waals surface area (Å²) < 4.78 is 10.6. The maximum absolute atomic E-state index is 13.6. The summed E-state index contributed by atoms with van der Waals surface area (Å²) in [7, 11) is 1.38. The molecule has 0 aliphatic heterocycles. The molecule has 32 heavy (non-hydrogen) atoms. The zero-order valence-electron chi connectivity index (χ0n) is 19.1. The Bertz CT molecular complexity index is 914. The lowest BCUT2D eigenvalue weighted by Gasteiger charge is -2.33. The maximum atomic E-state index is 13.6. The van der Waals surface area contributed by atoms with Crippen LogP contribution in [0.5, 0.6) is 0 Å². The van der Waals surface area contributed by atoms with Gasteiger partial charge in [-0.25, -0.2) is 4.79 Å². The summed E-state index contributed by atoms with van der Waals surface area (Å²) in [5.41, 5.74) is 0.998. The number of benzene rings is 2. The minimum Gasteiger partial charge on any atom is -0.444 e. The highest BCUT2D eigenvalue weighted by atomic mass is 16.6. The van der Waals surface area contributed by atoms with Gasteiger partial charge in [-0.1, -0.05) is 54.6 Å². The van der Waals surface area contributed by atoms with Crippen molar-refractivity contribution >= 4 is 12.0 Å². The molecule has 7 nitrogen and oxygen atoms in total. The summed E-state index contributed by atoms with van der Waals surface area (Å²) in [4.78, 5) is 26.3. The molecule has 2 atom stereocenters. The summed E-state index contributed by atoms with van der Waals surface area (Å²) in [6, 6.07) is 16.6. The fourth-order valence-corrected chi connectivity index (χ4v) is 3.98. The van der Waals surface area contributed by atoms with Gasteiger partial charge in [0.05, 0.1) is 6.04 Å². The van der Waals surface area contributed by atoms with E-state index in [1.165, 1.54) is 7.11 Å². The Labute approximate surface area is 189 Å². The Morgan fingerprint density at radius 2 is 1.59 bits per heavy atom. The molecule has 7 heteroatoms. The van der Waals surface area contributed by atoms with E-state index in [9.17, 15) is 14.7 Å². The van der Waals surface area contributed by atoms with Crippen molar-refractivity contribution in [3.8, 4) is 0 Å². The second-order valence-electron chi connectivity index (χ2n) is 9.23. The molecule has 0 saturated carbocycles. The first-order valence-corrected chi connectivity index (χ1v) is 10.8. The highest BCUT2D eigenvalue weighted by Gasteiger charge is 2.46. The normalized spacial score (nSPS) is 16.5. The second kappa shape index (κ2) is 9.71. The number of nitrogens with one attached hydrogen (secondary N) is 2. The molecule has 172 valence electrons.